The molecular formula is C21H18F3N5O2S2. The second kappa shape index (κ2) is 8.84. The monoisotopic (exact) mass is 493 g/mol. The number of thiazole rings is 1. The smallest absolute Gasteiger partial charge is 0.378 e. The standard InChI is InChI=1S/C21H18F3N5O2S2/c22-21(23,24)13-5-6-15(28-7-9-31-10-8-28)14(11-13)25-18(30)12-32-19-26-27-20-29(19)16-3-1-2-4-17(16)33-20/h1-6,11H,7-10,12H2,(H,25,30). The molecule has 1 N–H and O–H groups in total. The molecular weight excluding hydrogens is 475 g/mol. The van der Waals surface area contributed by atoms with E-state index >= 15 is 0 Å². The summed E-state index contributed by atoms with van der Waals surface area (Å²) in [7, 11) is 0. The van der Waals surface area contributed by atoms with Gasteiger partial charge in [0, 0.05) is 13.1 Å². The van der Waals surface area contributed by atoms with Crippen LogP contribution < -0.4 is 10.2 Å². The Hall–Kier alpha value is -2.83. The Morgan fingerprint density at radius 1 is 1.15 bits per heavy atom. The number of carbonyl (C=O) groups is 1. The van der Waals surface area contributed by atoms with Crippen LogP contribution in [0.1, 0.15) is 5.56 Å². The van der Waals surface area contributed by atoms with Gasteiger partial charge < -0.3 is 15.0 Å². The number of ether oxygens (including phenoxy) is 1. The second-order valence-electron chi connectivity index (χ2n) is 7.34. The van der Waals surface area contributed by atoms with Crippen molar-refractivity contribution in [1.29, 1.82) is 0 Å². The first-order chi connectivity index (χ1) is 15.9. The lowest BCUT2D eigenvalue weighted by Gasteiger charge is -2.31. The summed E-state index contributed by atoms with van der Waals surface area (Å²) in [6.07, 6.45) is -4.51. The predicted molar refractivity (Wildman–Crippen MR) is 122 cm³/mol. The molecule has 3 heterocycles. The highest BCUT2D eigenvalue weighted by Gasteiger charge is 2.32. The van der Waals surface area contributed by atoms with Gasteiger partial charge in [-0.15, -0.1) is 10.2 Å². The molecule has 0 radical (unpaired) electrons. The molecule has 172 valence electrons. The average molecular weight is 494 g/mol. The molecule has 0 saturated carbocycles. The quantitative estimate of drug-likeness (QED) is 0.412. The van der Waals surface area contributed by atoms with E-state index in [-0.39, 0.29) is 11.4 Å². The molecule has 1 aliphatic heterocycles. The number of aromatic nitrogens is 3. The van der Waals surface area contributed by atoms with Crippen LogP contribution in [0.4, 0.5) is 24.5 Å². The van der Waals surface area contributed by atoms with Crippen LogP contribution in [0.15, 0.2) is 47.6 Å². The summed E-state index contributed by atoms with van der Waals surface area (Å²) < 4.78 is 48.1. The van der Waals surface area contributed by atoms with Gasteiger partial charge in [-0.05, 0) is 30.3 Å². The number of morpholine rings is 1. The lowest BCUT2D eigenvalue weighted by Crippen LogP contribution is -2.37. The number of para-hydroxylation sites is 1. The Morgan fingerprint density at radius 3 is 2.73 bits per heavy atom. The summed E-state index contributed by atoms with van der Waals surface area (Å²) in [5, 5.41) is 11.5. The zero-order valence-corrected chi connectivity index (χ0v) is 18.8. The van der Waals surface area contributed by atoms with Crippen molar-refractivity contribution in [2.24, 2.45) is 0 Å². The van der Waals surface area contributed by atoms with Gasteiger partial charge in [-0.3, -0.25) is 9.20 Å². The second-order valence-corrected chi connectivity index (χ2v) is 9.29. The molecule has 1 saturated heterocycles. The van der Waals surface area contributed by atoms with Gasteiger partial charge in [-0.25, -0.2) is 0 Å². The van der Waals surface area contributed by atoms with E-state index in [1.807, 2.05) is 33.6 Å². The third-order valence-electron chi connectivity index (χ3n) is 5.19. The Labute approximate surface area is 194 Å². The molecule has 33 heavy (non-hydrogen) atoms. The molecule has 5 rings (SSSR count). The number of fused-ring (bicyclic) bond motifs is 3. The minimum Gasteiger partial charge on any atom is -0.378 e. The number of benzene rings is 2. The molecule has 0 atom stereocenters. The first-order valence-corrected chi connectivity index (χ1v) is 11.9. The molecule has 0 unspecified atom stereocenters. The number of nitrogens with zero attached hydrogens (tertiary/aromatic N) is 4. The summed E-state index contributed by atoms with van der Waals surface area (Å²) in [6.45, 7) is 2.02. The number of hydrogen-bond acceptors (Lipinski definition) is 7. The number of amides is 1. The van der Waals surface area contributed by atoms with E-state index in [9.17, 15) is 18.0 Å². The van der Waals surface area contributed by atoms with Crippen molar-refractivity contribution >= 4 is 55.6 Å². The van der Waals surface area contributed by atoms with Crippen molar-refractivity contribution in [3.8, 4) is 0 Å². The molecule has 0 bridgehead atoms. The van der Waals surface area contributed by atoms with Crippen molar-refractivity contribution in [1.82, 2.24) is 14.6 Å². The molecule has 12 heteroatoms. The number of halogens is 3. The molecule has 2 aromatic heterocycles. The Kier molecular flexibility index (Phi) is 5.89. The van der Waals surface area contributed by atoms with Gasteiger partial charge in [-0.2, -0.15) is 13.2 Å². The number of alkyl halides is 3. The Morgan fingerprint density at radius 2 is 1.94 bits per heavy atom. The number of rotatable bonds is 5. The largest absolute Gasteiger partial charge is 0.416 e. The van der Waals surface area contributed by atoms with Crippen molar-refractivity contribution in [2.45, 2.75) is 11.3 Å². The van der Waals surface area contributed by atoms with Gasteiger partial charge in [0.2, 0.25) is 10.9 Å². The van der Waals surface area contributed by atoms with Crippen molar-refractivity contribution in [2.75, 3.05) is 42.3 Å². The SMILES string of the molecule is O=C(CSc1nnc2sc3ccccc3n12)Nc1cc(C(F)(F)F)ccc1N1CCOCC1. The van der Waals surface area contributed by atoms with E-state index in [4.69, 9.17) is 4.74 Å². The Balaban J connectivity index is 1.36. The lowest BCUT2D eigenvalue weighted by molar-refractivity contribution is -0.137. The van der Waals surface area contributed by atoms with Crippen molar-refractivity contribution < 1.29 is 22.7 Å². The summed E-state index contributed by atoms with van der Waals surface area (Å²) >= 11 is 2.68. The van der Waals surface area contributed by atoms with E-state index in [0.717, 1.165) is 22.3 Å². The maximum atomic E-state index is 13.3. The van der Waals surface area contributed by atoms with Crippen LogP contribution in [0.25, 0.3) is 15.2 Å². The fraction of sp³-hybridized carbons (Fsp3) is 0.286. The average Bonchev–Trinajstić information content (AvgIpc) is 3.37. The highest BCUT2D eigenvalue weighted by Crippen LogP contribution is 2.36. The van der Waals surface area contributed by atoms with Gasteiger partial charge in [0.15, 0.2) is 5.16 Å². The number of nitrogens with one attached hydrogen (secondary N) is 1. The lowest BCUT2D eigenvalue weighted by atomic mass is 10.1. The van der Waals surface area contributed by atoms with E-state index in [2.05, 4.69) is 15.5 Å². The summed E-state index contributed by atoms with van der Waals surface area (Å²) in [4.78, 5) is 15.4. The van der Waals surface area contributed by atoms with Crippen LogP contribution in [-0.4, -0.2) is 52.6 Å². The molecule has 0 spiro atoms. The zero-order chi connectivity index (χ0) is 23.0. The van der Waals surface area contributed by atoms with Gasteiger partial charge >= 0.3 is 6.18 Å². The van der Waals surface area contributed by atoms with E-state index in [1.165, 1.54) is 29.2 Å². The summed E-state index contributed by atoms with van der Waals surface area (Å²) in [5.41, 5.74) is 0.798. The molecule has 1 aliphatic rings. The molecule has 2 aromatic carbocycles. The number of hydrogen-bond donors (Lipinski definition) is 1. The fourth-order valence-electron chi connectivity index (χ4n) is 3.66. The van der Waals surface area contributed by atoms with E-state index < -0.39 is 17.6 Å². The highest BCUT2D eigenvalue weighted by atomic mass is 32.2. The van der Waals surface area contributed by atoms with Crippen LogP contribution in [-0.2, 0) is 15.7 Å². The third kappa shape index (κ3) is 4.50. The minimum absolute atomic E-state index is 0.0240. The van der Waals surface area contributed by atoms with E-state index in [1.54, 1.807) is 0 Å². The summed E-state index contributed by atoms with van der Waals surface area (Å²) in [5.74, 6) is -0.450. The van der Waals surface area contributed by atoms with Gasteiger partial charge in [0.25, 0.3) is 0 Å². The maximum absolute atomic E-state index is 13.3. The van der Waals surface area contributed by atoms with Gasteiger partial charge in [0.05, 0.1) is 46.1 Å². The summed E-state index contributed by atoms with van der Waals surface area (Å²) in [6, 6.07) is 11.2. The van der Waals surface area contributed by atoms with Crippen LogP contribution in [0.2, 0.25) is 0 Å². The third-order valence-corrected chi connectivity index (χ3v) is 7.13. The van der Waals surface area contributed by atoms with Crippen LogP contribution in [0.5, 0.6) is 0 Å². The molecule has 0 aliphatic carbocycles. The number of anilines is 2. The fourth-order valence-corrected chi connectivity index (χ4v) is 5.43. The maximum Gasteiger partial charge on any atom is 0.416 e. The van der Waals surface area contributed by atoms with Crippen molar-refractivity contribution in [3.05, 3.63) is 48.0 Å². The topological polar surface area (TPSA) is 71.8 Å². The molecule has 4 aromatic rings. The Bertz CT molecular complexity index is 1310. The number of thioether (sulfide) groups is 1. The first-order valence-electron chi connectivity index (χ1n) is 10.1. The normalized spacial score (nSPS) is 14.8. The predicted octanol–water partition coefficient (Wildman–Crippen LogP) is 4.53. The van der Waals surface area contributed by atoms with Crippen molar-refractivity contribution in [3.63, 3.8) is 0 Å². The number of carbonyl (C=O) groups excluding carboxylic acids is 1. The van der Waals surface area contributed by atoms with E-state index in [0.29, 0.717) is 42.1 Å². The van der Waals surface area contributed by atoms with Crippen LogP contribution in [0, 0.1) is 0 Å². The van der Waals surface area contributed by atoms with Crippen LogP contribution in [0.3, 0.4) is 0 Å². The molecule has 1 amide bonds. The van der Waals surface area contributed by atoms with Crippen LogP contribution >= 0.6 is 23.1 Å². The zero-order valence-electron chi connectivity index (χ0n) is 17.1. The highest BCUT2D eigenvalue weighted by molar-refractivity contribution is 7.99. The molecule has 7 nitrogen and oxygen atoms in total. The van der Waals surface area contributed by atoms with Gasteiger partial charge in [0.1, 0.15) is 0 Å². The minimum atomic E-state index is -4.51. The van der Waals surface area contributed by atoms with Gasteiger partial charge in [-0.1, -0.05) is 35.2 Å². The first kappa shape index (κ1) is 22.0. The molecule has 1 fully saturated rings.